The zero-order chi connectivity index (χ0) is 20.2. The Kier molecular flexibility index (Phi) is 6.34. The maximum absolute atomic E-state index is 6.20. The first kappa shape index (κ1) is 20.1. The van der Waals surface area contributed by atoms with Crippen molar-refractivity contribution in [2.45, 2.75) is 24.3 Å². The van der Waals surface area contributed by atoms with Crippen molar-refractivity contribution < 1.29 is 4.74 Å². The highest BCUT2D eigenvalue weighted by atomic mass is 35.5. The molecule has 0 atom stereocenters. The van der Waals surface area contributed by atoms with Crippen LogP contribution in [0.15, 0.2) is 71.9 Å². The highest BCUT2D eigenvalue weighted by Crippen LogP contribution is 2.32. The molecule has 6 heteroatoms. The van der Waals surface area contributed by atoms with Gasteiger partial charge in [-0.05, 0) is 66.6 Å². The lowest BCUT2D eigenvalue weighted by Crippen LogP contribution is -1.98. The van der Waals surface area contributed by atoms with E-state index in [1.165, 1.54) is 5.56 Å². The van der Waals surface area contributed by atoms with Crippen LogP contribution in [0.3, 0.4) is 0 Å². The molecule has 0 amide bonds. The number of nitrogens with zero attached hydrogens (tertiary/aromatic N) is 2. The van der Waals surface area contributed by atoms with E-state index < -0.39 is 0 Å². The minimum Gasteiger partial charge on any atom is -0.494 e. The van der Waals surface area contributed by atoms with Crippen LogP contribution in [0.1, 0.15) is 18.9 Å². The van der Waals surface area contributed by atoms with Crippen molar-refractivity contribution in [3.63, 3.8) is 0 Å². The Balaban J connectivity index is 1.68. The van der Waals surface area contributed by atoms with Gasteiger partial charge in [-0.3, -0.25) is 4.57 Å². The lowest BCUT2D eigenvalue weighted by Gasteiger charge is -2.11. The predicted octanol–water partition coefficient (Wildman–Crippen LogP) is 7.41. The second-order valence-electron chi connectivity index (χ2n) is 6.62. The summed E-state index contributed by atoms with van der Waals surface area (Å²) >= 11 is 13.9. The van der Waals surface area contributed by atoms with Crippen molar-refractivity contribution in [1.82, 2.24) is 9.55 Å². The van der Waals surface area contributed by atoms with Gasteiger partial charge < -0.3 is 4.74 Å². The molecular formula is C23H20Cl2N2OS. The minimum absolute atomic E-state index is 0.680. The van der Waals surface area contributed by atoms with Gasteiger partial charge in [0, 0.05) is 21.5 Å². The number of rotatable bonds is 7. The molecule has 3 nitrogen and oxygen atoms in total. The van der Waals surface area contributed by atoms with Crippen LogP contribution in [0.5, 0.6) is 5.75 Å². The summed E-state index contributed by atoms with van der Waals surface area (Å²) in [5.41, 5.74) is 4.13. The number of ether oxygens (including phenoxy) is 1. The summed E-state index contributed by atoms with van der Waals surface area (Å²) in [6.45, 7) is 2.81. The zero-order valence-electron chi connectivity index (χ0n) is 15.9. The van der Waals surface area contributed by atoms with Gasteiger partial charge in [0.05, 0.1) is 17.6 Å². The summed E-state index contributed by atoms with van der Waals surface area (Å²) in [4.78, 5) is 4.84. The number of hydrogen-bond acceptors (Lipinski definition) is 3. The Morgan fingerprint density at radius 1 is 0.931 bits per heavy atom. The first-order chi connectivity index (χ1) is 14.1. The van der Waals surface area contributed by atoms with Gasteiger partial charge in [0.2, 0.25) is 0 Å². The van der Waals surface area contributed by atoms with E-state index in [-0.39, 0.29) is 0 Å². The zero-order valence-corrected chi connectivity index (χ0v) is 18.3. The van der Waals surface area contributed by atoms with Gasteiger partial charge in [-0.2, -0.15) is 0 Å². The van der Waals surface area contributed by atoms with Gasteiger partial charge in [0.25, 0.3) is 0 Å². The average Bonchev–Trinajstić information content (AvgIpc) is 3.09. The first-order valence-corrected chi connectivity index (χ1v) is 11.2. The second kappa shape index (κ2) is 9.12. The van der Waals surface area contributed by atoms with Gasteiger partial charge in [-0.1, -0.05) is 54.0 Å². The first-order valence-electron chi connectivity index (χ1n) is 9.42. The maximum atomic E-state index is 6.20. The van der Waals surface area contributed by atoms with Crippen LogP contribution in [-0.2, 0) is 5.75 Å². The summed E-state index contributed by atoms with van der Waals surface area (Å²) < 4.78 is 7.88. The third-order valence-corrected chi connectivity index (χ3v) is 5.93. The van der Waals surface area contributed by atoms with E-state index >= 15 is 0 Å². The highest BCUT2D eigenvalue weighted by Gasteiger charge is 2.14. The molecule has 0 unspecified atom stereocenters. The molecule has 29 heavy (non-hydrogen) atoms. The summed E-state index contributed by atoms with van der Waals surface area (Å²) in [7, 11) is 0. The van der Waals surface area contributed by atoms with E-state index in [9.17, 15) is 0 Å². The third kappa shape index (κ3) is 4.72. The van der Waals surface area contributed by atoms with Crippen molar-refractivity contribution in [1.29, 1.82) is 0 Å². The molecular weight excluding hydrogens is 423 g/mol. The van der Waals surface area contributed by atoms with Gasteiger partial charge in [-0.15, -0.1) is 0 Å². The van der Waals surface area contributed by atoms with Crippen LogP contribution in [0.4, 0.5) is 0 Å². The number of imidazole rings is 1. The quantitative estimate of drug-likeness (QED) is 0.278. The molecule has 1 aromatic heterocycles. The largest absolute Gasteiger partial charge is 0.494 e. The fourth-order valence-corrected chi connectivity index (χ4v) is 4.29. The molecule has 0 saturated heterocycles. The van der Waals surface area contributed by atoms with Crippen molar-refractivity contribution >= 4 is 46.0 Å². The maximum Gasteiger partial charge on any atom is 0.174 e. The molecule has 0 spiro atoms. The van der Waals surface area contributed by atoms with Crippen molar-refractivity contribution in [2.75, 3.05) is 6.61 Å². The summed E-state index contributed by atoms with van der Waals surface area (Å²) in [6, 6.07) is 21.8. The summed E-state index contributed by atoms with van der Waals surface area (Å²) in [5.74, 6) is 1.67. The molecule has 0 radical (unpaired) electrons. The number of benzene rings is 3. The number of fused-ring (bicyclic) bond motifs is 1. The monoisotopic (exact) mass is 442 g/mol. The van der Waals surface area contributed by atoms with E-state index in [0.717, 1.165) is 44.8 Å². The van der Waals surface area contributed by atoms with Crippen molar-refractivity contribution in [2.24, 2.45) is 0 Å². The molecule has 4 rings (SSSR count). The van der Waals surface area contributed by atoms with E-state index in [4.69, 9.17) is 32.9 Å². The number of thioether (sulfide) groups is 1. The molecule has 0 bridgehead atoms. The smallest absolute Gasteiger partial charge is 0.174 e. The predicted molar refractivity (Wildman–Crippen MR) is 123 cm³/mol. The normalized spacial score (nSPS) is 11.1. The fourth-order valence-electron chi connectivity index (χ4n) is 3.02. The average molecular weight is 443 g/mol. The minimum atomic E-state index is 0.680. The van der Waals surface area contributed by atoms with E-state index in [2.05, 4.69) is 23.6 Å². The molecule has 0 saturated carbocycles. The Morgan fingerprint density at radius 2 is 1.66 bits per heavy atom. The van der Waals surface area contributed by atoms with Gasteiger partial charge in [0.15, 0.2) is 5.16 Å². The molecule has 0 fully saturated rings. The molecule has 4 aromatic rings. The van der Waals surface area contributed by atoms with Crippen LogP contribution in [0.25, 0.3) is 16.7 Å². The summed E-state index contributed by atoms with van der Waals surface area (Å²) in [6.07, 6.45) is 0.986. The molecule has 1 heterocycles. The van der Waals surface area contributed by atoms with Crippen LogP contribution >= 0.6 is 35.0 Å². The van der Waals surface area contributed by atoms with Crippen molar-refractivity contribution in [3.05, 3.63) is 82.3 Å². The second-order valence-corrected chi connectivity index (χ2v) is 8.44. The molecule has 0 aliphatic carbocycles. The van der Waals surface area contributed by atoms with Gasteiger partial charge in [0.1, 0.15) is 5.75 Å². The molecule has 0 aliphatic rings. The van der Waals surface area contributed by atoms with E-state index in [0.29, 0.717) is 11.6 Å². The third-order valence-electron chi connectivity index (χ3n) is 4.43. The van der Waals surface area contributed by atoms with E-state index in [1.807, 2.05) is 54.6 Å². The van der Waals surface area contributed by atoms with Gasteiger partial charge in [-0.25, -0.2) is 4.98 Å². The lowest BCUT2D eigenvalue weighted by atomic mass is 10.2. The Morgan fingerprint density at radius 3 is 2.38 bits per heavy atom. The van der Waals surface area contributed by atoms with Crippen LogP contribution in [0, 0.1) is 0 Å². The fraction of sp³-hybridized carbons (Fsp3) is 0.174. The lowest BCUT2D eigenvalue weighted by molar-refractivity contribution is 0.317. The highest BCUT2D eigenvalue weighted by molar-refractivity contribution is 7.98. The van der Waals surface area contributed by atoms with E-state index in [1.54, 1.807) is 11.8 Å². The summed E-state index contributed by atoms with van der Waals surface area (Å²) in [5, 5.41) is 2.34. The van der Waals surface area contributed by atoms with Crippen LogP contribution in [-0.4, -0.2) is 16.2 Å². The number of aromatic nitrogens is 2. The van der Waals surface area contributed by atoms with Crippen LogP contribution < -0.4 is 4.74 Å². The Hall–Kier alpha value is -2.14. The Labute approximate surface area is 184 Å². The molecule has 148 valence electrons. The van der Waals surface area contributed by atoms with Crippen molar-refractivity contribution in [3.8, 4) is 11.4 Å². The number of halogens is 2. The van der Waals surface area contributed by atoms with Crippen LogP contribution in [0.2, 0.25) is 10.0 Å². The topological polar surface area (TPSA) is 27.1 Å². The number of hydrogen-bond donors (Lipinski definition) is 0. The molecule has 0 aliphatic heterocycles. The molecule has 3 aromatic carbocycles. The SMILES string of the molecule is CCCOc1ccc(-n2c(SCc3ccc(Cl)cc3)nc3cc(Cl)ccc32)cc1. The Bertz CT molecular complexity index is 1110. The molecule has 0 N–H and O–H groups in total. The standard InChI is InChI=1S/C23H20Cl2N2OS/c1-2-13-28-20-10-8-19(9-11-20)27-22-12-7-18(25)14-21(22)26-23(27)29-15-16-3-5-17(24)6-4-16/h3-12,14H,2,13,15H2,1H3. The van der Waals surface area contributed by atoms with Gasteiger partial charge >= 0.3 is 0 Å².